The molecule has 1 aromatic heterocycles. The predicted octanol–water partition coefficient (Wildman–Crippen LogP) is 0.478. The SMILES string of the molecule is Cn1cnc2c1CCC(=O)C2. The highest BCUT2D eigenvalue weighted by Crippen LogP contribution is 2.16. The van der Waals surface area contributed by atoms with Crippen molar-refractivity contribution < 1.29 is 4.79 Å². The average molecular weight is 150 g/mol. The number of fused-ring (bicyclic) bond motifs is 1. The van der Waals surface area contributed by atoms with Crippen LogP contribution in [0, 0.1) is 0 Å². The molecule has 0 atom stereocenters. The third kappa shape index (κ3) is 0.964. The van der Waals surface area contributed by atoms with E-state index in [4.69, 9.17) is 0 Å². The first-order valence-corrected chi connectivity index (χ1v) is 3.78. The maximum absolute atomic E-state index is 11.0. The molecule has 11 heavy (non-hydrogen) atoms. The second-order valence-corrected chi connectivity index (χ2v) is 2.96. The minimum absolute atomic E-state index is 0.316. The number of aromatic nitrogens is 2. The van der Waals surface area contributed by atoms with Crippen LogP contribution in [0.3, 0.4) is 0 Å². The van der Waals surface area contributed by atoms with E-state index in [-0.39, 0.29) is 0 Å². The van der Waals surface area contributed by atoms with E-state index in [2.05, 4.69) is 4.98 Å². The molecule has 3 heteroatoms. The molecule has 1 aliphatic rings. The van der Waals surface area contributed by atoms with Gasteiger partial charge >= 0.3 is 0 Å². The molecule has 0 saturated heterocycles. The molecule has 58 valence electrons. The van der Waals surface area contributed by atoms with Crippen LogP contribution in [0.2, 0.25) is 0 Å². The zero-order valence-corrected chi connectivity index (χ0v) is 6.50. The summed E-state index contributed by atoms with van der Waals surface area (Å²) in [5, 5.41) is 0. The van der Waals surface area contributed by atoms with Crippen LogP contribution in [0.15, 0.2) is 6.33 Å². The maximum Gasteiger partial charge on any atom is 0.139 e. The van der Waals surface area contributed by atoms with Gasteiger partial charge in [-0.3, -0.25) is 4.79 Å². The van der Waals surface area contributed by atoms with Gasteiger partial charge in [0, 0.05) is 19.2 Å². The number of rotatable bonds is 0. The lowest BCUT2D eigenvalue weighted by atomic mass is 10.00. The number of aryl methyl sites for hydroxylation is 1. The van der Waals surface area contributed by atoms with Crippen LogP contribution in [0.25, 0.3) is 0 Å². The minimum Gasteiger partial charge on any atom is -0.337 e. The van der Waals surface area contributed by atoms with Crippen LogP contribution >= 0.6 is 0 Å². The molecule has 0 bridgehead atoms. The summed E-state index contributed by atoms with van der Waals surface area (Å²) in [6.45, 7) is 0. The Morgan fingerprint density at radius 1 is 1.55 bits per heavy atom. The number of carbonyl (C=O) groups excluding carboxylic acids is 1. The summed E-state index contributed by atoms with van der Waals surface area (Å²) in [4.78, 5) is 15.1. The first-order chi connectivity index (χ1) is 5.27. The molecule has 1 aromatic rings. The van der Waals surface area contributed by atoms with Crippen LogP contribution in [0.4, 0.5) is 0 Å². The number of nitrogens with zero attached hydrogens (tertiary/aromatic N) is 2. The first kappa shape index (κ1) is 6.58. The van der Waals surface area contributed by atoms with E-state index in [0.29, 0.717) is 18.6 Å². The highest BCUT2D eigenvalue weighted by atomic mass is 16.1. The van der Waals surface area contributed by atoms with E-state index >= 15 is 0 Å². The first-order valence-electron chi connectivity index (χ1n) is 3.78. The molecule has 1 heterocycles. The van der Waals surface area contributed by atoms with Crippen molar-refractivity contribution in [2.45, 2.75) is 19.3 Å². The van der Waals surface area contributed by atoms with Crippen molar-refractivity contribution in [2.24, 2.45) is 7.05 Å². The van der Waals surface area contributed by atoms with Gasteiger partial charge in [-0.2, -0.15) is 0 Å². The van der Waals surface area contributed by atoms with Crippen molar-refractivity contribution >= 4 is 5.78 Å². The van der Waals surface area contributed by atoms with Crippen LogP contribution < -0.4 is 0 Å². The Morgan fingerprint density at radius 3 is 3.18 bits per heavy atom. The van der Waals surface area contributed by atoms with Gasteiger partial charge in [-0.25, -0.2) is 4.98 Å². The number of imidazole rings is 1. The molecule has 0 aromatic carbocycles. The lowest BCUT2D eigenvalue weighted by molar-refractivity contribution is -0.118. The van der Waals surface area contributed by atoms with Gasteiger partial charge in [-0.1, -0.05) is 0 Å². The van der Waals surface area contributed by atoms with E-state index in [0.717, 1.165) is 12.1 Å². The van der Waals surface area contributed by atoms with Crippen molar-refractivity contribution in [3.8, 4) is 0 Å². The largest absolute Gasteiger partial charge is 0.337 e. The lowest BCUT2D eigenvalue weighted by Gasteiger charge is -2.09. The fraction of sp³-hybridized carbons (Fsp3) is 0.500. The van der Waals surface area contributed by atoms with E-state index in [1.165, 1.54) is 5.69 Å². The summed E-state index contributed by atoms with van der Waals surface area (Å²) in [5.74, 6) is 0.316. The van der Waals surface area contributed by atoms with Gasteiger partial charge in [-0.15, -0.1) is 0 Å². The fourth-order valence-corrected chi connectivity index (χ4v) is 1.51. The second kappa shape index (κ2) is 2.19. The third-order valence-electron chi connectivity index (χ3n) is 2.15. The molecule has 0 radical (unpaired) electrons. The van der Waals surface area contributed by atoms with Crippen LogP contribution in [0.5, 0.6) is 0 Å². The molecule has 2 rings (SSSR count). The smallest absolute Gasteiger partial charge is 0.139 e. The highest BCUT2D eigenvalue weighted by molar-refractivity contribution is 5.82. The van der Waals surface area contributed by atoms with Gasteiger partial charge in [0.15, 0.2) is 0 Å². The standard InChI is InChI=1S/C8H10N2O/c1-10-5-9-7-4-6(11)2-3-8(7)10/h5H,2-4H2,1H3. The summed E-state index contributed by atoms with van der Waals surface area (Å²) in [6.07, 6.45) is 3.87. The Labute approximate surface area is 65.1 Å². The third-order valence-corrected chi connectivity index (χ3v) is 2.15. The molecular formula is C8H10N2O. The maximum atomic E-state index is 11.0. The molecule has 3 nitrogen and oxygen atoms in total. The molecule has 0 N–H and O–H groups in total. The summed E-state index contributed by atoms with van der Waals surface area (Å²) in [6, 6.07) is 0. The van der Waals surface area contributed by atoms with E-state index in [1.807, 2.05) is 11.6 Å². The van der Waals surface area contributed by atoms with E-state index in [9.17, 15) is 4.79 Å². The monoisotopic (exact) mass is 150 g/mol. The Morgan fingerprint density at radius 2 is 2.36 bits per heavy atom. The topological polar surface area (TPSA) is 34.9 Å². The van der Waals surface area contributed by atoms with Gasteiger partial charge in [-0.05, 0) is 6.42 Å². The molecular weight excluding hydrogens is 140 g/mol. The highest BCUT2D eigenvalue weighted by Gasteiger charge is 2.18. The summed E-state index contributed by atoms with van der Waals surface area (Å²) >= 11 is 0. The van der Waals surface area contributed by atoms with Gasteiger partial charge in [0.25, 0.3) is 0 Å². The minimum atomic E-state index is 0.316. The molecule has 0 unspecified atom stereocenters. The Kier molecular flexibility index (Phi) is 1.31. The average Bonchev–Trinajstić information content (AvgIpc) is 2.32. The number of hydrogen-bond acceptors (Lipinski definition) is 2. The normalized spacial score (nSPS) is 16.6. The quantitative estimate of drug-likeness (QED) is 0.539. The molecule has 0 spiro atoms. The Bertz CT molecular complexity index is 301. The number of Topliss-reactive ketones (excluding diaryl/α,β-unsaturated/α-hetero) is 1. The van der Waals surface area contributed by atoms with Crippen molar-refractivity contribution in [3.05, 3.63) is 17.7 Å². The summed E-state index contributed by atoms with van der Waals surface area (Å²) < 4.78 is 2.00. The zero-order chi connectivity index (χ0) is 7.84. The second-order valence-electron chi connectivity index (χ2n) is 2.96. The van der Waals surface area contributed by atoms with Gasteiger partial charge in [0.2, 0.25) is 0 Å². The van der Waals surface area contributed by atoms with Gasteiger partial charge in [0.05, 0.1) is 18.4 Å². The van der Waals surface area contributed by atoms with E-state index < -0.39 is 0 Å². The van der Waals surface area contributed by atoms with Crippen LogP contribution in [-0.4, -0.2) is 15.3 Å². The molecule has 0 saturated carbocycles. The van der Waals surface area contributed by atoms with Gasteiger partial charge in [0.1, 0.15) is 5.78 Å². The van der Waals surface area contributed by atoms with Crippen molar-refractivity contribution in [2.75, 3.05) is 0 Å². The van der Waals surface area contributed by atoms with Crippen molar-refractivity contribution in [1.82, 2.24) is 9.55 Å². The molecule has 0 fully saturated rings. The fourth-order valence-electron chi connectivity index (χ4n) is 1.51. The summed E-state index contributed by atoms with van der Waals surface area (Å²) in [5.41, 5.74) is 2.20. The number of ketones is 1. The van der Waals surface area contributed by atoms with Gasteiger partial charge < -0.3 is 4.57 Å². The number of hydrogen-bond donors (Lipinski definition) is 0. The Hall–Kier alpha value is -1.12. The number of carbonyl (C=O) groups is 1. The predicted molar refractivity (Wildman–Crippen MR) is 40.2 cm³/mol. The van der Waals surface area contributed by atoms with Crippen molar-refractivity contribution in [1.29, 1.82) is 0 Å². The molecule has 1 aliphatic carbocycles. The Balaban J connectivity index is 2.44. The lowest BCUT2D eigenvalue weighted by Crippen LogP contribution is -2.14. The van der Waals surface area contributed by atoms with Crippen LogP contribution in [0.1, 0.15) is 17.8 Å². The van der Waals surface area contributed by atoms with Crippen molar-refractivity contribution in [3.63, 3.8) is 0 Å². The van der Waals surface area contributed by atoms with Crippen LogP contribution in [-0.2, 0) is 24.7 Å². The molecule has 0 amide bonds. The zero-order valence-electron chi connectivity index (χ0n) is 6.50. The summed E-state index contributed by atoms with van der Waals surface area (Å²) in [7, 11) is 1.97. The molecule has 0 aliphatic heterocycles. The van der Waals surface area contributed by atoms with E-state index in [1.54, 1.807) is 6.33 Å².